The number of rotatable bonds is 1. The molecule has 3 nitrogen and oxygen atoms in total. The van der Waals surface area contributed by atoms with Gasteiger partial charge in [0.25, 0.3) is 0 Å². The van der Waals surface area contributed by atoms with Crippen molar-refractivity contribution in [2.75, 3.05) is 38.1 Å². The van der Waals surface area contributed by atoms with Crippen molar-refractivity contribution in [1.82, 2.24) is 4.90 Å². The molecule has 2 rings (SSSR count). The minimum atomic E-state index is -0.661. The summed E-state index contributed by atoms with van der Waals surface area (Å²) in [4.78, 5) is 4.33. The second-order valence-corrected chi connectivity index (χ2v) is 3.91. The zero-order chi connectivity index (χ0) is 10.8. The quantitative estimate of drug-likeness (QED) is 0.704. The highest BCUT2D eigenvalue weighted by molar-refractivity contribution is 5.49. The van der Waals surface area contributed by atoms with Crippen LogP contribution in [0.25, 0.3) is 0 Å². The van der Waals surface area contributed by atoms with Crippen molar-refractivity contribution < 1.29 is 9.50 Å². The van der Waals surface area contributed by atoms with Gasteiger partial charge in [-0.1, -0.05) is 0 Å². The Balaban J connectivity index is 2.12. The van der Waals surface area contributed by atoms with Gasteiger partial charge in [0.2, 0.25) is 5.75 Å². The lowest BCUT2D eigenvalue weighted by Crippen LogP contribution is -2.44. The van der Waals surface area contributed by atoms with E-state index in [1.807, 2.05) is 0 Å². The van der Waals surface area contributed by atoms with Gasteiger partial charge < -0.3 is 9.80 Å². The van der Waals surface area contributed by atoms with Gasteiger partial charge in [-0.25, -0.2) is 4.39 Å². The summed E-state index contributed by atoms with van der Waals surface area (Å²) in [6, 6.07) is 4.31. The second-order valence-electron chi connectivity index (χ2n) is 3.91. The molecule has 0 aromatic heterocycles. The highest BCUT2D eigenvalue weighted by Gasteiger charge is 2.15. The average Bonchev–Trinajstić information content (AvgIpc) is 2.23. The number of nitrogens with zero attached hydrogens (tertiary/aromatic N) is 2. The Morgan fingerprint density at radius 2 is 1.87 bits per heavy atom. The van der Waals surface area contributed by atoms with E-state index in [-0.39, 0.29) is 0 Å². The van der Waals surface area contributed by atoms with Gasteiger partial charge in [-0.2, -0.15) is 0 Å². The Labute approximate surface area is 88.7 Å². The summed E-state index contributed by atoms with van der Waals surface area (Å²) in [7, 11) is 2.07. The molecule has 1 saturated heterocycles. The van der Waals surface area contributed by atoms with Crippen molar-refractivity contribution in [2.45, 2.75) is 0 Å². The van der Waals surface area contributed by atoms with Gasteiger partial charge in [0, 0.05) is 37.9 Å². The monoisotopic (exact) mass is 209 g/mol. The van der Waals surface area contributed by atoms with Gasteiger partial charge in [-0.3, -0.25) is 5.11 Å². The maximum absolute atomic E-state index is 13.1. The molecule has 0 amide bonds. The van der Waals surface area contributed by atoms with E-state index in [2.05, 4.69) is 16.8 Å². The van der Waals surface area contributed by atoms with Crippen LogP contribution in [-0.4, -0.2) is 38.1 Å². The summed E-state index contributed by atoms with van der Waals surface area (Å²) in [6.07, 6.45) is 0. The maximum atomic E-state index is 13.1. The predicted octanol–water partition coefficient (Wildman–Crippen LogP) is 1.72. The molecule has 1 aromatic rings. The van der Waals surface area contributed by atoms with Crippen molar-refractivity contribution in [2.24, 2.45) is 0 Å². The van der Waals surface area contributed by atoms with Gasteiger partial charge in [-0.15, -0.1) is 0 Å². The lowest BCUT2D eigenvalue weighted by Gasteiger charge is -2.34. The van der Waals surface area contributed by atoms with Gasteiger partial charge in [-0.05, 0) is 19.2 Å². The first-order valence-corrected chi connectivity index (χ1v) is 5.07. The molecule has 0 bridgehead atoms. The first-order chi connectivity index (χ1) is 7.16. The molecule has 1 aromatic carbocycles. The predicted molar refractivity (Wildman–Crippen MR) is 56.2 cm³/mol. The Bertz CT molecular complexity index is 348. The fourth-order valence-corrected chi connectivity index (χ4v) is 1.75. The highest BCUT2D eigenvalue weighted by Crippen LogP contribution is 2.23. The average molecular weight is 209 g/mol. The number of anilines is 1. The maximum Gasteiger partial charge on any atom is 0.214 e. The molecule has 0 saturated carbocycles. The Morgan fingerprint density at radius 1 is 1.20 bits per heavy atom. The van der Waals surface area contributed by atoms with Crippen molar-refractivity contribution in [3.8, 4) is 5.75 Å². The summed E-state index contributed by atoms with van der Waals surface area (Å²) in [5.41, 5.74) is 0.806. The lowest BCUT2D eigenvalue weighted by molar-refractivity contribution is 0.312. The third-order valence-electron chi connectivity index (χ3n) is 2.78. The number of benzene rings is 1. The summed E-state index contributed by atoms with van der Waals surface area (Å²) in [6.45, 7) is 3.71. The Morgan fingerprint density at radius 3 is 2.47 bits per heavy atom. The van der Waals surface area contributed by atoms with Crippen molar-refractivity contribution in [3.63, 3.8) is 0 Å². The molecule has 81 valence electrons. The normalized spacial score (nSPS) is 18.1. The highest BCUT2D eigenvalue weighted by atomic mass is 19.1. The molecule has 0 N–H and O–H groups in total. The number of hydrogen-bond acceptors (Lipinski definition) is 2. The van der Waals surface area contributed by atoms with E-state index >= 15 is 0 Å². The molecule has 1 aliphatic rings. The van der Waals surface area contributed by atoms with Gasteiger partial charge in [0.1, 0.15) is 0 Å². The Kier molecular flexibility index (Phi) is 2.77. The molecular weight excluding hydrogens is 195 g/mol. The molecule has 1 fully saturated rings. The minimum Gasteiger partial charge on any atom is -0.369 e. The van der Waals surface area contributed by atoms with E-state index in [1.165, 1.54) is 12.1 Å². The standard InChI is InChI=1S/C11H14FN2O/c1-13-4-6-14(7-5-13)9-2-3-11(15)10(12)8-9/h2-3,8H,4-7H2,1H3. The minimum absolute atomic E-state index is 0.534. The number of likely N-dealkylation sites (N-methyl/N-ethyl adjacent to an activating group) is 1. The topological polar surface area (TPSA) is 26.4 Å². The molecular formula is C11H14FN2O. The van der Waals surface area contributed by atoms with Crippen LogP contribution in [0.5, 0.6) is 5.75 Å². The van der Waals surface area contributed by atoms with Crippen LogP contribution < -0.4 is 4.90 Å². The van der Waals surface area contributed by atoms with Gasteiger partial charge in [0.05, 0.1) is 0 Å². The zero-order valence-corrected chi connectivity index (χ0v) is 8.74. The van der Waals surface area contributed by atoms with E-state index in [0.717, 1.165) is 31.9 Å². The van der Waals surface area contributed by atoms with E-state index < -0.39 is 11.6 Å². The molecule has 15 heavy (non-hydrogen) atoms. The van der Waals surface area contributed by atoms with Crippen LogP contribution >= 0.6 is 0 Å². The first kappa shape index (κ1) is 10.2. The van der Waals surface area contributed by atoms with Gasteiger partial charge >= 0.3 is 0 Å². The number of halogens is 1. The summed E-state index contributed by atoms with van der Waals surface area (Å²) < 4.78 is 13.1. The Hall–Kier alpha value is -1.29. The van der Waals surface area contributed by atoms with E-state index in [9.17, 15) is 9.50 Å². The third-order valence-corrected chi connectivity index (χ3v) is 2.78. The molecule has 0 unspecified atom stereocenters. The van der Waals surface area contributed by atoms with Crippen LogP contribution in [0.2, 0.25) is 0 Å². The SMILES string of the molecule is CN1CCN(c2ccc([O])c(F)c2)CC1. The van der Waals surface area contributed by atoms with Crippen LogP contribution in [0.15, 0.2) is 18.2 Å². The van der Waals surface area contributed by atoms with Crippen LogP contribution in [0.4, 0.5) is 10.1 Å². The van der Waals surface area contributed by atoms with Crippen molar-refractivity contribution in [1.29, 1.82) is 0 Å². The first-order valence-electron chi connectivity index (χ1n) is 5.07. The van der Waals surface area contributed by atoms with Crippen molar-refractivity contribution >= 4 is 5.69 Å². The summed E-state index contributed by atoms with van der Waals surface area (Å²) >= 11 is 0. The fraction of sp³-hybridized carbons (Fsp3) is 0.455. The molecule has 1 heterocycles. The van der Waals surface area contributed by atoms with E-state index in [4.69, 9.17) is 0 Å². The largest absolute Gasteiger partial charge is 0.369 e. The summed E-state index contributed by atoms with van der Waals surface area (Å²) in [5, 5.41) is 10.9. The van der Waals surface area contributed by atoms with Gasteiger partial charge in [0.15, 0.2) is 5.82 Å². The van der Waals surface area contributed by atoms with Crippen LogP contribution in [0.1, 0.15) is 0 Å². The number of hydrogen-bond donors (Lipinski definition) is 0. The molecule has 1 radical (unpaired) electrons. The van der Waals surface area contributed by atoms with E-state index in [1.54, 1.807) is 6.07 Å². The molecule has 0 spiro atoms. The van der Waals surface area contributed by atoms with E-state index in [0.29, 0.717) is 0 Å². The number of piperazine rings is 1. The third kappa shape index (κ3) is 2.21. The zero-order valence-electron chi connectivity index (χ0n) is 8.74. The fourth-order valence-electron chi connectivity index (χ4n) is 1.75. The lowest BCUT2D eigenvalue weighted by atomic mass is 10.2. The van der Waals surface area contributed by atoms with Crippen LogP contribution in [-0.2, 0) is 5.11 Å². The molecule has 0 atom stereocenters. The molecule has 0 aliphatic carbocycles. The second kappa shape index (κ2) is 4.06. The molecule has 1 aliphatic heterocycles. The molecule has 4 heteroatoms. The smallest absolute Gasteiger partial charge is 0.214 e. The van der Waals surface area contributed by atoms with Crippen molar-refractivity contribution in [3.05, 3.63) is 24.0 Å². The van der Waals surface area contributed by atoms with Crippen LogP contribution in [0.3, 0.4) is 0 Å². The van der Waals surface area contributed by atoms with Crippen LogP contribution in [0, 0.1) is 5.82 Å². The summed E-state index contributed by atoms with van der Waals surface area (Å²) in [5.74, 6) is -1.20.